The van der Waals surface area contributed by atoms with Gasteiger partial charge in [0.2, 0.25) is 0 Å². The number of fused-ring (bicyclic) bond motifs is 1. The van der Waals surface area contributed by atoms with Gasteiger partial charge < -0.3 is 19.2 Å². The van der Waals surface area contributed by atoms with Gasteiger partial charge in [0.15, 0.2) is 11.5 Å². The van der Waals surface area contributed by atoms with E-state index in [9.17, 15) is 14.9 Å². The molecule has 1 aliphatic carbocycles. The number of nitro benzene ring substituents is 1. The molecule has 0 radical (unpaired) electrons. The number of nitrogens with one attached hydrogen (secondary N) is 1. The van der Waals surface area contributed by atoms with E-state index in [-0.39, 0.29) is 23.6 Å². The van der Waals surface area contributed by atoms with Crippen molar-refractivity contribution in [2.45, 2.75) is 53.2 Å². The number of ether oxygens (including phenoxy) is 2. The number of methoxy groups -OCH3 is 1. The number of thiophene rings is 1. The molecule has 2 heterocycles. The first-order valence-electron chi connectivity index (χ1n) is 14.2. The number of rotatable bonds is 10. The normalized spacial score (nSPS) is 14.8. The molecule has 1 N–H and O–H groups in total. The summed E-state index contributed by atoms with van der Waals surface area (Å²) in [6.07, 6.45) is 6.15. The van der Waals surface area contributed by atoms with Gasteiger partial charge in [-0.25, -0.2) is 4.99 Å². The van der Waals surface area contributed by atoms with Gasteiger partial charge in [-0.2, -0.15) is 0 Å². The lowest BCUT2D eigenvalue weighted by Crippen LogP contribution is -2.28. The van der Waals surface area contributed by atoms with Gasteiger partial charge in [-0.3, -0.25) is 14.9 Å². The molecule has 0 unspecified atom stereocenters. The molecule has 1 atom stereocenters. The number of amides is 1. The second kappa shape index (κ2) is 12.8. The van der Waals surface area contributed by atoms with Crippen LogP contribution in [0.3, 0.4) is 0 Å². The molecule has 4 aromatic rings. The summed E-state index contributed by atoms with van der Waals surface area (Å²) in [7, 11) is 1.56. The van der Waals surface area contributed by atoms with Crippen LogP contribution in [0.5, 0.6) is 11.5 Å². The van der Waals surface area contributed by atoms with Crippen molar-refractivity contribution in [2.24, 2.45) is 16.3 Å². The molecule has 1 amide bonds. The summed E-state index contributed by atoms with van der Waals surface area (Å²) in [6.45, 7) is 7.37. The summed E-state index contributed by atoms with van der Waals surface area (Å²) in [4.78, 5) is 30.0. The number of non-ortho nitro benzene ring substituents is 1. The third-order valence-corrected chi connectivity index (χ3v) is 8.92. The maximum Gasteiger partial charge on any atom is 0.269 e. The Morgan fingerprint density at radius 1 is 1.19 bits per heavy atom. The molecule has 0 saturated heterocycles. The van der Waals surface area contributed by atoms with E-state index in [1.807, 2.05) is 18.2 Å². The Morgan fingerprint density at radius 2 is 1.98 bits per heavy atom. The molecular formula is C33H35N3O6S. The lowest BCUT2D eigenvalue weighted by Gasteiger charge is -2.33. The first-order valence-corrected chi connectivity index (χ1v) is 15.0. The van der Waals surface area contributed by atoms with Crippen molar-refractivity contribution in [3.05, 3.63) is 104 Å². The Balaban J connectivity index is 1.36. The lowest BCUT2D eigenvalue weighted by molar-refractivity contribution is -0.384. The molecular weight excluding hydrogens is 566 g/mol. The van der Waals surface area contributed by atoms with Gasteiger partial charge >= 0.3 is 0 Å². The van der Waals surface area contributed by atoms with E-state index in [1.165, 1.54) is 17.0 Å². The first kappa shape index (κ1) is 30.0. The van der Waals surface area contributed by atoms with E-state index < -0.39 is 4.92 Å². The predicted octanol–water partition coefficient (Wildman–Crippen LogP) is 7.67. The predicted molar refractivity (Wildman–Crippen MR) is 167 cm³/mol. The van der Waals surface area contributed by atoms with Crippen molar-refractivity contribution < 1.29 is 23.6 Å². The zero-order valence-corrected chi connectivity index (χ0v) is 25.5. The summed E-state index contributed by atoms with van der Waals surface area (Å²) in [5, 5.41) is 14.6. The van der Waals surface area contributed by atoms with Crippen molar-refractivity contribution in [3.63, 3.8) is 0 Å². The monoisotopic (exact) mass is 601 g/mol. The molecule has 0 fully saturated rings. The smallest absolute Gasteiger partial charge is 0.269 e. The highest BCUT2D eigenvalue weighted by molar-refractivity contribution is 7.16. The van der Waals surface area contributed by atoms with Gasteiger partial charge in [0.25, 0.3) is 11.6 Å². The van der Waals surface area contributed by atoms with E-state index in [2.05, 4.69) is 26.1 Å². The molecule has 0 saturated carbocycles. The van der Waals surface area contributed by atoms with E-state index in [1.54, 1.807) is 55.2 Å². The fraction of sp³-hybridized carbons (Fsp3) is 0.333. The van der Waals surface area contributed by atoms with Gasteiger partial charge in [0, 0.05) is 23.2 Å². The van der Waals surface area contributed by atoms with Gasteiger partial charge in [-0.1, -0.05) is 20.8 Å². The fourth-order valence-electron chi connectivity index (χ4n) is 5.20. The molecule has 43 heavy (non-hydrogen) atoms. The van der Waals surface area contributed by atoms with Crippen LogP contribution in [0.25, 0.3) is 0 Å². The molecule has 0 bridgehead atoms. The maximum atomic E-state index is 13.5. The Morgan fingerprint density at radius 3 is 2.65 bits per heavy atom. The number of hydrogen-bond acceptors (Lipinski definition) is 8. The minimum atomic E-state index is -0.432. The lowest BCUT2D eigenvalue weighted by atomic mass is 9.72. The van der Waals surface area contributed by atoms with E-state index in [4.69, 9.17) is 18.9 Å². The van der Waals surface area contributed by atoms with Crippen LogP contribution in [-0.4, -0.2) is 24.2 Å². The van der Waals surface area contributed by atoms with Crippen LogP contribution < -0.4 is 14.8 Å². The van der Waals surface area contributed by atoms with E-state index in [0.29, 0.717) is 40.3 Å². The Bertz CT molecular complexity index is 1620. The average molecular weight is 602 g/mol. The average Bonchev–Trinajstić information content (AvgIpc) is 3.65. The van der Waals surface area contributed by atoms with Crippen LogP contribution in [0.4, 0.5) is 10.7 Å². The standard InChI is InChI=1S/C33H35N3O6S/c1-33(2,3)23-10-13-26-29(17-23)43-32(30(26)31(37)34-19-25-6-5-15-41-25)35-18-22-9-14-27(28(16-22)40-4)42-20-21-7-11-24(12-8-21)36(38)39/h5-9,11-12,14-16,18,23H,10,13,17,19-20H2,1-4H3,(H,34,37)/t23-/m0/s1. The summed E-state index contributed by atoms with van der Waals surface area (Å²) in [6, 6.07) is 15.4. The number of carbonyl (C=O) groups is 1. The van der Waals surface area contributed by atoms with Crippen LogP contribution in [0.1, 0.15) is 64.9 Å². The third kappa shape index (κ3) is 7.14. The highest BCUT2D eigenvalue weighted by Gasteiger charge is 2.33. The minimum Gasteiger partial charge on any atom is -0.493 e. The molecule has 5 rings (SSSR count). The van der Waals surface area contributed by atoms with Crippen LogP contribution in [0.2, 0.25) is 0 Å². The highest BCUT2D eigenvalue weighted by Crippen LogP contribution is 2.45. The Labute approximate surface area is 254 Å². The van der Waals surface area contributed by atoms with Crippen LogP contribution in [-0.2, 0) is 26.0 Å². The molecule has 2 aromatic carbocycles. The van der Waals surface area contributed by atoms with E-state index in [0.717, 1.165) is 36.0 Å². The first-order chi connectivity index (χ1) is 20.6. The number of furan rings is 1. The summed E-state index contributed by atoms with van der Waals surface area (Å²) >= 11 is 1.59. The van der Waals surface area contributed by atoms with Crippen molar-refractivity contribution in [1.82, 2.24) is 5.32 Å². The molecule has 9 nitrogen and oxygen atoms in total. The summed E-state index contributed by atoms with van der Waals surface area (Å²) < 4.78 is 16.9. The van der Waals surface area contributed by atoms with Gasteiger partial charge in [0.05, 0.1) is 30.4 Å². The maximum absolute atomic E-state index is 13.5. The summed E-state index contributed by atoms with van der Waals surface area (Å²) in [5.41, 5.74) is 3.55. The molecule has 0 aliphatic heterocycles. The van der Waals surface area contributed by atoms with Crippen molar-refractivity contribution in [1.29, 1.82) is 0 Å². The third-order valence-electron chi connectivity index (χ3n) is 7.76. The largest absolute Gasteiger partial charge is 0.493 e. The number of nitrogens with zero attached hydrogens (tertiary/aromatic N) is 2. The zero-order chi connectivity index (χ0) is 30.6. The van der Waals surface area contributed by atoms with Crippen LogP contribution in [0.15, 0.2) is 70.3 Å². The fourth-order valence-corrected chi connectivity index (χ4v) is 6.47. The number of aliphatic imine (C=N–C) groups is 1. The van der Waals surface area contributed by atoms with Gasteiger partial charge in [-0.15, -0.1) is 11.3 Å². The highest BCUT2D eigenvalue weighted by atomic mass is 32.1. The number of hydrogen-bond donors (Lipinski definition) is 1. The number of nitro groups is 1. The molecule has 2 aromatic heterocycles. The molecule has 10 heteroatoms. The topological polar surface area (TPSA) is 116 Å². The molecule has 0 spiro atoms. The Hall–Kier alpha value is -4.44. The van der Waals surface area contributed by atoms with Crippen molar-refractivity contribution in [2.75, 3.05) is 7.11 Å². The second-order valence-corrected chi connectivity index (χ2v) is 12.7. The SMILES string of the molecule is COc1cc(C=Nc2sc3c(c2C(=O)NCc2ccco2)CC[C@H](C(C)(C)C)C3)ccc1OCc1ccc([N+](=O)[O-])cc1. The second-order valence-electron chi connectivity index (χ2n) is 11.6. The molecule has 224 valence electrons. The quantitative estimate of drug-likeness (QED) is 0.113. The number of carbonyl (C=O) groups excluding carboxylic acids is 1. The van der Waals surface area contributed by atoms with Crippen LogP contribution >= 0.6 is 11.3 Å². The molecule has 1 aliphatic rings. The minimum absolute atomic E-state index is 0.0312. The summed E-state index contributed by atoms with van der Waals surface area (Å²) in [5.74, 6) is 2.15. The van der Waals surface area contributed by atoms with Gasteiger partial charge in [-0.05, 0) is 89.8 Å². The Kier molecular flexibility index (Phi) is 8.96. The number of benzene rings is 2. The van der Waals surface area contributed by atoms with Crippen molar-refractivity contribution >= 4 is 34.1 Å². The van der Waals surface area contributed by atoms with Crippen LogP contribution in [0, 0.1) is 21.4 Å². The van der Waals surface area contributed by atoms with E-state index >= 15 is 0 Å². The van der Waals surface area contributed by atoms with Crippen molar-refractivity contribution in [3.8, 4) is 11.5 Å². The van der Waals surface area contributed by atoms with Gasteiger partial charge in [0.1, 0.15) is 17.4 Å². The zero-order valence-electron chi connectivity index (χ0n) is 24.7.